The van der Waals surface area contributed by atoms with Gasteiger partial charge in [0.25, 0.3) is 0 Å². The summed E-state index contributed by atoms with van der Waals surface area (Å²) in [5.41, 5.74) is 3.25. The van der Waals surface area contributed by atoms with Crippen molar-refractivity contribution in [2.45, 2.75) is 13.5 Å². The Morgan fingerprint density at radius 1 is 1.20 bits per heavy atom. The van der Waals surface area contributed by atoms with Gasteiger partial charge in [-0.05, 0) is 30.7 Å². The topological polar surface area (TPSA) is 37.8 Å². The zero-order chi connectivity index (χ0) is 10.5. The highest BCUT2D eigenvalue weighted by Crippen LogP contribution is 2.11. The third-order valence-electron chi connectivity index (χ3n) is 2.21. The molecule has 0 saturated carbocycles. The van der Waals surface area contributed by atoms with Gasteiger partial charge in [0.15, 0.2) is 0 Å². The van der Waals surface area contributed by atoms with E-state index in [0.717, 1.165) is 17.9 Å². The van der Waals surface area contributed by atoms with E-state index in [1.165, 1.54) is 5.56 Å². The molecule has 0 spiro atoms. The third kappa shape index (κ3) is 2.53. The fraction of sp³-hybridized carbons (Fsp3) is 0.167. The van der Waals surface area contributed by atoms with Crippen molar-refractivity contribution in [3.8, 4) is 0 Å². The van der Waals surface area contributed by atoms with Crippen LogP contribution in [0.1, 0.15) is 11.3 Å². The van der Waals surface area contributed by atoms with Crippen molar-refractivity contribution < 1.29 is 0 Å². The van der Waals surface area contributed by atoms with Crippen LogP contribution in [0.5, 0.6) is 0 Å². The fourth-order valence-electron chi connectivity index (χ4n) is 1.37. The zero-order valence-electron chi connectivity index (χ0n) is 8.64. The Morgan fingerprint density at radius 2 is 2.07 bits per heavy atom. The maximum atomic E-state index is 4.21. The van der Waals surface area contributed by atoms with Gasteiger partial charge in [-0.3, -0.25) is 9.97 Å². The van der Waals surface area contributed by atoms with E-state index in [9.17, 15) is 0 Å². The highest BCUT2D eigenvalue weighted by molar-refractivity contribution is 5.46. The molecule has 0 aliphatic carbocycles. The summed E-state index contributed by atoms with van der Waals surface area (Å²) in [6.07, 6.45) is 5.43. The van der Waals surface area contributed by atoms with E-state index >= 15 is 0 Å². The average Bonchev–Trinajstić information content (AvgIpc) is 2.29. The molecule has 0 atom stereocenters. The van der Waals surface area contributed by atoms with Gasteiger partial charge < -0.3 is 5.32 Å². The third-order valence-corrected chi connectivity index (χ3v) is 2.21. The number of nitrogens with one attached hydrogen (secondary N) is 1. The standard InChI is InChI=1S/C12H13N3/c1-10-12(5-3-7-14-10)15-9-11-4-2-6-13-8-11/h2-8,15H,9H2,1H3. The number of hydrogen-bond acceptors (Lipinski definition) is 3. The van der Waals surface area contributed by atoms with E-state index in [1.54, 1.807) is 12.4 Å². The van der Waals surface area contributed by atoms with Crippen molar-refractivity contribution in [1.82, 2.24) is 9.97 Å². The van der Waals surface area contributed by atoms with E-state index in [0.29, 0.717) is 0 Å². The summed E-state index contributed by atoms with van der Waals surface area (Å²) >= 11 is 0. The first-order chi connectivity index (χ1) is 7.36. The molecule has 0 aliphatic heterocycles. The molecule has 0 saturated heterocycles. The highest BCUT2D eigenvalue weighted by atomic mass is 14.9. The summed E-state index contributed by atoms with van der Waals surface area (Å²) in [6.45, 7) is 2.77. The van der Waals surface area contributed by atoms with E-state index in [2.05, 4.69) is 15.3 Å². The second-order valence-electron chi connectivity index (χ2n) is 3.35. The lowest BCUT2D eigenvalue weighted by Gasteiger charge is -2.07. The number of anilines is 1. The summed E-state index contributed by atoms with van der Waals surface area (Å²) in [5, 5.41) is 3.33. The van der Waals surface area contributed by atoms with Crippen molar-refractivity contribution in [3.63, 3.8) is 0 Å². The summed E-state index contributed by atoms with van der Waals surface area (Å²) in [6, 6.07) is 7.94. The van der Waals surface area contributed by atoms with E-state index in [-0.39, 0.29) is 0 Å². The normalized spacial score (nSPS) is 9.93. The van der Waals surface area contributed by atoms with Crippen LogP contribution < -0.4 is 5.32 Å². The number of aromatic nitrogens is 2. The van der Waals surface area contributed by atoms with Gasteiger partial charge in [0.05, 0.1) is 11.4 Å². The van der Waals surface area contributed by atoms with E-state index < -0.39 is 0 Å². The van der Waals surface area contributed by atoms with Crippen LogP contribution in [0.25, 0.3) is 0 Å². The molecule has 15 heavy (non-hydrogen) atoms. The Labute approximate surface area is 89.2 Å². The van der Waals surface area contributed by atoms with Gasteiger partial charge in [-0.25, -0.2) is 0 Å². The molecule has 2 aromatic heterocycles. The van der Waals surface area contributed by atoms with Gasteiger partial charge >= 0.3 is 0 Å². The van der Waals surface area contributed by atoms with Crippen LogP contribution >= 0.6 is 0 Å². The van der Waals surface area contributed by atoms with Gasteiger partial charge in [-0.15, -0.1) is 0 Å². The average molecular weight is 199 g/mol. The predicted molar refractivity (Wildman–Crippen MR) is 60.5 cm³/mol. The summed E-state index contributed by atoms with van der Waals surface area (Å²) in [5.74, 6) is 0. The first-order valence-electron chi connectivity index (χ1n) is 4.90. The first-order valence-corrected chi connectivity index (χ1v) is 4.90. The molecular weight excluding hydrogens is 186 g/mol. The van der Waals surface area contributed by atoms with Gasteiger partial charge in [-0.2, -0.15) is 0 Å². The molecule has 1 N–H and O–H groups in total. The largest absolute Gasteiger partial charge is 0.379 e. The van der Waals surface area contributed by atoms with Gasteiger partial charge in [0.1, 0.15) is 0 Å². The second kappa shape index (κ2) is 4.55. The molecule has 2 rings (SSSR count). The molecular formula is C12H13N3. The Morgan fingerprint density at radius 3 is 2.80 bits per heavy atom. The smallest absolute Gasteiger partial charge is 0.0603 e. The van der Waals surface area contributed by atoms with Crippen molar-refractivity contribution in [2.24, 2.45) is 0 Å². The highest BCUT2D eigenvalue weighted by Gasteiger charge is 1.97. The molecule has 3 heteroatoms. The second-order valence-corrected chi connectivity index (χ2v) is 3.35. The predicted octanol–water partition coefficient (Wildman–Crippen LogP) is 2.40. The molecule has 0 aliphatic rings. The molecule has 0 aromatic carbocycles. The van der Waals surface area contributed by atoms with Gasteiger partial charge in [0, 0.05) is 25.1 Å². The van der Waals surface area contributed by atoms with Crippen molar-refractivity contribution in [3.05, 3.63) is 54.1 Å². The first kappa shape index (κ1) is 9.65. The van der Waals surface area contributed by atoms with Crippen LogP contribution in [0.3, 0.4) is 0 Å². The minimum absolute atomic E-state index is 0.778. The number of aryl methyl sites for hydroxylation is 1. The van der Waals surface area contributed by atoms with Crippen LogP contribution in [0.2, 0.25) is 0 Å². The lowest BCUT2D eigenvalue weighted by molar-refractivity contribution is 1.09. The quantitative estimate of drug-likeness (QED) is 0.824. The molecule has 0 fully saturated rings. The van der Waals surface area contributed by atoms with Crippen molar-refractivity contribution >= 4 is 5.69 Å². The lowest BCUT2D eigenvalue weighted by atomic mass is 10.2. The van der Waals surface area contributed by atoms with Crippen LogP contribution in [0.4, 0.5) is 5.69 Å². The number of hydrogen-bond donors (Lipinski definition) is 1. The Kier molecular flexibility index (Phi) is 2.93. The Bertz CT molecular complexity index is 426. The number of pyridine rings is 2. The molecule has 2 aromatic rings. The van der Waals surface area contributed by atoms with E-state index in [4.69, 9.17) is 0 Å². The van der Waals surface area contributed by atoms with Crippen molar-refractivity contribution in [1.29, 1.82) is 0 Å². The van der Waals surface area contributed by atoms with E-state index in [1.807, 2.05) is 37.4 Å². The maximum Gasteiger partial charge on any atom is 0.0603 e. The van der Waals surface area contributed by atoms with Gasteiger partial charge in [0.2, 0.25) is 0 Å². The monoisotopic (exact) mass is 199 g/mol. The SMILES string of the molecule is Cc1ncccc1NCc1cccnc1. The molecule has 2 heterocycles. The minimum atomic E-state index is 0.778. The van der Waals surface area contributed by atoms with Crippen LogP contribution in [-0.4, -0.2) is 9.97 Å². The van der Waals surface area contributed by atoms with Crippen LogP contribution in [0, 0.1) is 6.92 Å². The molecule has 0 unspecified atom stereocenters. The molecule has 76 valence electrons. The maximum absolute atomic E-state index is 4.21. The molecule has 0 bridgehead atoms. The fourth-order valence-corrected chi connectivity index (χ4v) is 1.37. The Hall–Kier alpha value is -1.90. The number of rotatable bonds is 3. The summed E-state index contributed by atoms with van der Waals surface area (Å²) < 4.78 is 0. The molecule has 0 radical (unpaired) electrons. The summed E-state index contributed by atoms with van der Waals surface area (Å²) in [7, 11) is 0. The lowest BCUT2D eigenvalue weighted by Crippen LogP contribution is -2.01. The van der Waals surface area contributed by atoms with Crippen molar-refractivity contribution in [2.75, 3.05) is 5.32 Å². The minimum Gasteiger partial charge on any atom is -0.379 e. The zero-order valence-corrected chi connectivity index (χ0v) is 8.64. The molecule has 0 amide bonds. The van der Waals surface area contributed by atoms with Crippen LogP contribution in [-0.2, 0) is 6.54 Å². The number of nitrogens with zero attached hydrogens (tertiary/aromatic N) is 2. The molecule has 3 nitrogen and oxygen atoms in total. The summed E-state index contributed by atoms with van der Waals surface area (Å²) in [4.78, 5) is 8.28. The van der Waals surface area contributed by atoms with Gasteiger partial charge in [-0.1, -0.05) is 6.07 Å². The van der Waals surface area contributed by atoms with Crippen LogP contribution in [0.15, 0.2) is 42.9 Å². The Balaban J connectivity index is 2.03.